The molecule has 0 aliphatic carbocycles. The van der Waals surface area contributed by atoms with Gasteiger partial charge >= 0.3 is 6.18 Å². The molecular formula is C13H16BrF3N2O. The topological polar surface area (TPSA) is 55.1 Å². The monoisotopic (exact) mass is 352 g/mol. The Morgan fingerprint density at radius 3 is 2.65 bits per heavy atom. The van der Waals surface area contributed by atoms with Crippen molar-refractivity contribution >= 4 is 27.5 Å². The van der Waals surface area contributed by atoms with E-state index in [1.807, 2.05) is 6.92 Å². The van der Waals surface area contributed by atoms with Crippen LogP contribution >= 0.6 is 15.9 Å². The fourth-order valence-electron chi connectivity index (χ4n) is 1.58. The van der Waals surface area contributed by atoms with Gasteiger partial charge in [-0.3, -0.25) is 4.79 Å². The van der Waals surface area contributed by atoms with Crippen LogP contribution in [-0.2, 0) is 11.0 Å². The molecule has 7 heteroatoms. The summed E-state index contributed by atoms with van der Waals surface area (Å²) in [5.74, 6) is -0.488. The van der Waals surface area contributed by atoms with E-state index in [4.69, 9.17) is 5.73 Å². The Kier molecular flexibility index (Phi) is 6.01. The van der Waals surface area contributed by atoms with Gasteiger partial charge in [0.05, 0.1) is 17.3 Å². The Morgan fingerprint density at radius 2 is 2.10 bits per heavy atom. The molecule has 0 aromatic heterocycles. The molecular weight excluding hydrogens is 337 g/mol. The Hall–Kier alpha value is -1.08. The van der Waals surface area contributed by atoms with E-state index in [1.54, 1.807) is 0 Å². The first-order valence-corrected chi connectivity index (χ1v) is 6.98. The van der Waals surface area contributed by atoms with Gasteiger partial charge in [-0.25, -0.2) is 0 Å². The number of carbonyl (C=O) groups excluding carboxylic acids is 1. The number of alkyl halides is 3. The number of nitrogens with one attached hydrogen (secondary N) is 1. The van der Waals surface area contributed by atoms with E-state index < -0.39 is 23.7 Å². The zero-order valence-corrected chi connectivity index (χ0v) is 12.5. The predicted octanol–water partition coefficient (Wildman–Crippen LogP) is 3.92. The number of hydrogen-bond donors (Lipinski definition) is 2. The standard InChI is InChI=1S/C13H16BrF3N2O/c1-2-3-4-10(18)12(20)19-11-7-8(13(15,16)17)5-6-9(11)14/h5-7,10H,2-4,18H2,1H3,(H,19,20). The summed E-state index contributed by atoms with van der Waals surface area (Å²) < 4.78 is 38.2. The first-order chi connectivity index (χ1) is 9.25. The van der Waals surface area contributed by atoms with Gasteiger partial charge in [-0.15, -0.1) is 0 Å². The van der Waals surface area contributed by atoms with Gasteiger partial charge in [0, 0.05) is 4.47 Å². The normalized spacial score (nSPS) is 13.1. The van der Waals surface area contributed by atoms with Crippen molar-refractivity contribution in [2.45, 2.75) is 38.4 Å². The molecule has 1 aromatic rings. The second kappa shape index (κ2) is 7.08. The second-order valence-corrected chi connectivity index (χ2v) is 5.28. The van der Waals surface area contributed by atoms with Gasteiger partial charge in [0.2, 0.25) is 5.91 Å². The molecule has 1 unspecified atom stereocenters. The summed E-state index contributed by atoms with van der Waals surface area (Å²) in [4.78, 5) is 11.8. The lowest BCUT2D eigenvalue weighted by atomic mass is 10.1. The van der Waals surface area contributed by atoms with Crippen LogP contribution in [0, 0.1) is 0 Å². The van der Waals surface area contributed by atoms with Crippen molar-refractivity contribution in [3.8, 4) is 0 Å². The van der Waals surface area contributed by atoms with Gasteiger partial charge in [-0.05, 0) is 40.5 Å². The number of rotatable bonds is 5. The largest absolute Gasteiger partial charge is 0.416 e. The lowest BCUT2D eigenvalue weighted by Gasteiger charge is -2.14. The molecule has 3 nitrogen and oxygen atoms in total. The van der Waals surface area contributed by atoms with Gasteiger partial charge in [-0.1, -0.05) is 19.8 Å². The minimum atomic E-state index is -4.45. The van der Waals surface area contributed by atoms with E-state index in [9.17, 15) is 18.0 Å². The summed E-state index contributed by atoms with van der Waals surface area (Å²) in [6, 6.07) is 2.35. The molecule has 3 N–H and O–H groups in total. The molecule has 0 bridgehead atoms. The number of carbonyl (C=O) groups is 1. The van der Waals surface area contributed by atoms with E-state index >= 15 is 0 Å². The summed E-state index contributed by atoms with van der Waals surface area (Å²) in [6.45, 7) is 1.97. The van der Waals surface area contributed by atoms with Crippen molar-refractivity contribution in [3.63, 3.8) is 0 Å². The molecule has 0 saturated carbocycles. The molecule has 0 fully saturated rings. The summed E-state index contributed by atoms with van der Waals surface area (Å²) in [7, 11) is 0. The van der Waals surface area contributed by atoms with Crippen molar-refractivity contribution in [2.24, 2.45) is 5.73 Å². The minimum Gasteiger partial charge on any atom is -0.324 e. The van der Waals surface area contributed by atoms with Crippen LogP contribution < -0.4 is 11.1 Å². The Bertz CT molecular complexity index is 477. The van der Waals surface area contributed by atoms with Crippen LogP contribution in [0.15, 0.2) is 22.7 Å². The highest BCUT2D eigenvalue weighted by Crippen LogP contribution is 2.34. The summed E-state index contributed by atoms with van der Waals surface area (Å²) in [5, 5.41) is 2.42. The number of benzene rings is 1. The number of amides is 1. The minimum absolute atomic E-state index is 0.0665. The van der Waals surface area contributed by atoms with Crippen molar-refractivity contribution in [3.05, 3.63) is 28.2 Å². The van der Waals surface area contributed by atoms with Crippen LogP contribution in [0.5, 0.6) is 0 Å². The van der Waals surface area contributed by atoms with E-state index in [0.29, 0.717) is 10.9 Å². The fourth-order valence-corrected chi connectivity index (χ4v) is 1.92. The number of hydrogen-bond acceptors (Lipinski definition) is 2. The molecule has 1 aromatic carbocycles. The third-order valence-corrected chi connectivity index (χ3v) is 3.45. The predicted molar refractivity (Wildman–Crippen MR) is 75.3 cm³/mol. The molecule has 1 rings (SSSR count). The van der Waals surface area contributed by atoms with Crippen LogP contribution in [0.3, 0.4) is 0 Å². The molecule has 0 aliphatic heterocycles. The number of halogens is 4. The third-order valence-electron chi connectivity index (χ3n) is 2.76. The second-order valence-electron chi connectivity index (χ2n) is 4.43. The third kappa shape index (κ3) is 4.79. The lowest BCUT2D eigenvalue weighted by molar-refractivity contribution is -0.137. The van der Waals surface area contributed by atoms with Gasteiger partial charge in [-0.2, -0.15) is 13.2 Å². The zero-order valence-electron chi connectivity index (χ0n) is 10.9. The van der Waals surface area contributed by atoms with Crippen molar-refractivity contribution < 1.29 is 18.0 Å². The lowest BCUT2D eigenvalue weighted by Crippen LogP contribution is -2.35. The molecule has 0 heterocycles. The van der Waals surface area contributed by atoms with E-state index in [-0.39, 0.29) is 5.69 Å². The van der Waals surface area contributed by atoms with Crippen LogP contribution in [-0.4, -0.2) is 11.9 Å². The summed E-state index contributed by atoms with van der Waals surface area (Å²) in [6.07, 6.45) is -2.27. The van der Waals surface area contributed by atoms with E-state index in [0.717, 1.165) is 25.0 Å². The van der Waals surface area contributed by atoms with Gasteiger partial charge in [0.15, 0.2) is 0 Å². The maximum atomic E-state index is 12.6. The quantitative estimate of drug-likeness (QED) is 0.843. The maximum absolute atomic E-state index is 12.6. The van der Waals surface area contributed by atoms with Crippen molar-refractivity contribution in [2.75, 3.05) is 5.32 Å². The highest BCUT2D eigenvalue weighted by Gasteiger charge is 2.31. The Balaban J connectivity index is 2.84. The average molecular weight is 353 g/mol. The molecule has 1 amide bonds. The number of anilines is 1. The highest BCUT2D eigenvalue weighted by atomic mass is 79.9. The molecule has 0 saturated heterocycles. The fraction of sp³-hybridized carbons (Fsp3) is 0.462. The molecule has 0 radical (unpaired) electrons. The number of nitrogens with two attached hydrogens (primary N) is 1. The van der Waals surface area contributed by atoms with E-state index in [1.165, 1.54) is 6.07 Å². The first kappa shape index (κ1) is 17.0. The molecule has 0 aliphatic rings. The average Bonchev–Trinajstić information content (AvgIpc) is 2.37. The van der Waals surface area contributed by atoms with E-state index in [2.05, 4.69) is 21.2 Å². The first-order valence-electron chi connectivity index (χ1n) is 6.19. The smallest absolute Gasteiger partial charge is 0.324 e. The SMILES string of the molecule is CCCCC(N)C(=O)Nc1cc(C(F)(F)F)ccc1Br. The van der Waals surface area contributed by atoms with Gasteiger partial charge < -0.3 is 11.1 Å². The summed E-state index contributed by atoms with van der Waals surface area (Å²) in [5.41, 5.74) is 4.92. The molecule has 20 heavy (non-hydrogen) atoms. The van der Waals surface area contributed by atoms with Crippen molar-refractivity contribution in [1.29, 1.82) is 0 Å². The summed E-state index contributed by atoms with van der Waals surface area (Å²) >= 11 is 3.10. The molecule has 1 atom stereocenters. The molecule has 0 spiro atoms. The molecule has 112 valence electrons. The van der Waals surface area contributed by atoms with Gasteiger partial charge in [0.25, 0.3) is 0 Å². The van der Waals surface area contributed by atoms with Crippen LogP contribution in [0.2, 0.25) is 0 Å². The van der Waals surface area contributed by atoms with Crippen molar-refractivity contribution in [1.82, 2.24) is 0 Å². The Morgan fingerprint density at radius 1 is 1.45 bits per heavy atom. The zero-order chi connectivity index (χ0) is 15.3. The van der Waals surface area contributed by atoms with Crippen LogP contribution in [0.25, 0.3) is 0 Å². The van der Waals surface area contributed by atoms with Crippen LogP contribution in [0.4, 0.5) is 18.9 Å². The number of unbranched alkanes of at least 4 members (excludes halogenated alkanes) is 1. The Labute approximate surface area is 123 Å². The maximum Gasteiger partial charge on any atom is 0.416 e. The van der Waals surface area contributed by atoms with Crippen LogP contribution in [0.1, 0.15) is 31.7 Å². The van der Waals surface area contributed by atoms with Gasteiger partial charge in [0.1, 0.15) is 0 Å². The highest BCUT2D eigenvalue weighted by molar-refractivity contribution is 9.10.